The van der Waals surface area contributed by atoms with Crippen LogP contribution >= 0.6 is 11.6 Å². The summed E-state index contributed by atoms with van der Waals surface area (Å²) in [5.41, 5.74) is 2.81. The predicted octanol–water partition coefficient (Wildman–Crippen LogP) is 1.25. The molecule has 1 heterocycles. The SMILES string of the molecule is Cc1ccc(Cl)cc1N1CC[NH+](CC(=O)NCC(=O)Nc2ccc(F)cc2)CC1. The summed E-state index contributed by atoms with van der Waals surface area (Å²) in [7, 11) is 0. The number of carbonyl (C=O) groups excluding carboxylic acids is 2. The summed E-state index contributed by atoms with van der Waals surface area (Å²) >= 11 is 6.12. The summed E-state index contributed by atoms with van der Waals surface area (Å²) in [5, 5.41) is 5.98. The molecule has 154 valence electrons. The molecule has 0 unspecified atom stereocenters. The maximum absolute atomic E-state index is 12.9. The van der Waals surface area contributed by atoms with Crippen LogP contribution in [0.15, 0.2) is 42.5 Å². The van der Waals surface area contributed by atoms with E-state index in [2.05, 4.69) is 22.5 Å². The molecule has 29 heavy (non-hydrogen) atoms. The highest BCUT2D eigenvalue weighted by molar-refractivity contribution is 6.30. The maximum atomic E-state index is 12.9. The first kappa shape index (κ1) is 21.1. The highest BCUT2D eigenvalue weighted by Gasteiger charge is 2.23. The van der Waals surface area contributed by atoms with E-state index in [0.717, 1.165) is 36.9 Å². The van der Waals surface area contributed by atoms with Gasteiger partial charge in [0.2, 0.25) is 5.91 Å². The van der Waals surface area contributed by atoms with Gasteiger partial charge in [0.1, 0.15) is 5.82 Å². The lowest BCUT2D eigenvalue weighted by molar-refractivity contribution is -0.892. The Morgan fingerprint density at radius 3 is 2.48 bits per heavy atom. The lowest BCUT2D eigenvalue weighted by Gasteiger charge is -2.34. The number of hydrogen-bond acceptors (Lipinski definition) is 3. The van der Waals surface area contributed by atoms with Gasteiger partial charge in [0.15, 0.2) is 6.54 Å². The molecule has 0 atom stereocenters. The molecule has 0 bridgehead atoms. The second kappa shape index (κ2) is 9.71. The third-order valence-corrected chi connectivity index (χ3v) is 5.20. The molecule has 1 saturated heterocycles. The average Bonchev–Trinajstić information content (AvgIpc) is 2.71. The molecule has 3 N–H and O–H groups in total. The van der Waals surface area contributed by atoms with Crippen LogP contribution in [0.25, 0.3) is 0 Å². The Bertz CT molecular complexity index is 867. The minimum absolute atomic E-state index is 0.114. The van der Waals surface area contributed by atoms with Gasteiger partial charge in [0, 0.05) is 16.4 Å². The predicted molar refractivity (Wildman–Crippen MR) is 112 cm³/mol. The topological polar surface area (TPSA) is 65.9 Å². The monoisotopic (exact) mass is 419 g/mol. The molecule has 2 aromatic rings. The molecule has 0 aromatic heterocycles. The Hall–Kier alpha value is -2.64. The van der Waals surface area contributed by atoms with Crippen molar-refractivity contribution in [2.75, 3.05) is 49.5 Å². The van der Waals surface area contributed by atoms with E-state index in [1.165, 1.54) is 34.7 Å². The van der Waals surface area contributed by atoms with Gasteiger partial charge < -0.3 is 20.4 Å². The Kier molecular flexibility index (Phi) is 7.06. The number of piperazine rings is 1. The molecule has 1 aliphatic rings. The van der Waals surface area contributed by atoms with Crippen molar-refractivity contribution in [2.45, 2.75) is 6.92 Å². The number of rotatable bonds is 6. The first-order valence-electron chi connectivity index (χ1n) is 9.57. The van der Waals surface area contributed by atoms with Gasteiger partial charge in [-0.15, -0.1) is 0 Å². The quantitative estimate of drug-likeness (QED) is 0.660. The summed E-state index contributed by atoms with van der Waals surface area (Å²) in [6, 6.07) is 11.4. The summed E-state index contributed by atoms with van der Waals surface area (Å²) in [6.45, 7) is 5.63. The van der Waals surface area contributed by atoms with Crippen molar-refractivity contribution in [2.24, 2.45) is 0 Å². The second-order valence-corrected chi connectivity index (χ2v) is 7.61. The first-order chi connectivity index (χ1) is 13.9. The Labute approximate surface area is 174 Å². The van der Waals surface area contributed by atoms with Crippen LogP contribution in [-0.4, -0.2) is 51.1 Å². The van der Waals surface area contributed by atoms with Crippen molar-refractivity contribution in [3.8, 4) is 0 Å². The van der Waals surface area contributed by atoms with Gasteiger partial charge >= 0.3 is 0 Å². The average molecular weight is 420 g/mol. The highest BCUT2D eigenvalue weighted by atomic mass is 35.5. The van der Waals surface area contributed by atoms with Crippen LogP contribution in [0.3, 0.4) is 0 Å². The van der Waals surface area contributed by atoms with E-state index in [0.29, 0.717) is 12.2 Å². The molecule has 1 aliphatic heterocycles. The highest BCUT2D eigenvalue weighted by Crippen LogP contribution is 2.24. The third kappa shape index (κ3) is 6.17. The van der Waals surface area contributed by atoms with Crippen molar-refractivity contribution in [3.63, 3.8) is 0 Å². The van der Waals surface area contributed by atoms with E-state index in [4.69, 9.17) is 11.6 Å². The third-order valence-electron chi connectivity index (χ3n) is 4.97. The van der Waals surface area contributed by atoms with Gasteiger partial charge in [-0.25, -0.2) is 4.39 Å². The molecule has 1 fully saturated rings. The van der Waals surface area contributed by atoms with Gasteiger partial charge in [0.05, 0.1) is 32.7 Å². The molecule has 3 rings (SSSR count). The fourth-order valence-corrected chi connectivity index (χ4v) is 3.54. The number of quaternary nitrogens is 1. The Morgan fingerprint density at radius 2 is 1.79 bits per heavy atom. The summed E-state index contributed by atoms with van der Waals surface area (Å²) in [5.74, 6) is -0.882. The smallest absolute Gasteiger partial charge is 0.275 e. The number of halogens is 2. The van der Waals surface area contributed by atoms with E-state index in [-0.39, 0.29) is 24.2 Å². The molecule has 2 amide bonds. The standard InChI is InChI=1S/C21H24ClFN4O2/c1-15-2-3-16(22)12-19(15)27-10-8-26(9-11-27)14-21(29)24-13-20(28)25-18-6-4-17(23)5-7-18/h2-7,12H,8-11,13-14H2,1H3,(H,24,29)(H,25,28)/p+1. The van der Waals surface area contributed by atoms with Crippen LogP contribution in [0.2, 0.25) is 5.02 Å². The number of nitrogens with zero attached hydrogens (tertiary/aromatic N) is 1. The van der Waals surface area contributed by atoms with E-state index in [9.17, 15) is 14.0 Å². The number of aryl methyl sites for hydroxylation is 1. The van der Waals surface area contributed by atoms with Crippen molar-refractivity contribution < 1.29 is 18.9 Å². The normalized spacial score (nSPS) is 14.5. The molecular weight excluding hydrogens is 395 g/mol. The summed E-state index contributed by atoms with van der Waals surface area (Å²) < 4.78 is 12.9. The van der Waals surface area contributed by atoms with Gasteiger partial charge in [-0.1, -0.05) is 17.7 Å². The van der Waals surface area contributed by atoms with Gasteiger partial charge in [-0.05, 0) is 48.9 Å². The van der Waals surface area contributed by atoms with Crippen molar-refractivity contribution >= 4 is 34.8 Å². The number of nitrogens with one attached hydrogen (secondary N) is 3. The minimum Gasteiger partial charge on any atom is -0.360 e. The molecule has 0 spiro atoms. The van der Waals surface area contributed by atoms with Gasteiger partial charge in [-0.3, -0.25) is 9.59 Å². The minimum atomic E-state index is -0.370. The zero-order valence-corrected chi connectivity index (χ0v) is 17.1. The van der Waals surface area contributed by atoms with E-state index in [1.54, 1.807) is 0 Å². The number of benzene rings is 2. The van der Waals surface area contributed by atoms with Crippen molar-refractivity contribution in [1.82, 2.24) is 5.32 Å². The zero-order chi connectivity index (χ0) is 20.8. The molecule has 0 aliphatic carbocycles. The van der Waals surface area contributed by atoms with Crippen LogP contribution in [0.1, 0.15) is 5.56 Å². The van der Waals surface area contributed by atoms with E-state index >= 15 is 0 Å². The van der Waals surface area contributed by atoms with Crippen molar-refractivity contribution in [1.29, 1.82) is 0 Å². The van der Waals surface area contributed by atoms with Crippen LogP contribution in [0.5, 0.6) is 0 Å². The molecule has 0 saturated carbocycles. The first-order valence-corrected chi connectivity index (χ1v) is 9.95. The Morgan fingerprint density at radius 1 is 1.10 bits per heavy atom. The second-order valence-electron chi connectivity index (χ2n) is 7.18. The number of anilines is 2. The van der Waals surface area contributed by atoms with Crippen molar-refractivity contribution in [3.05, 3.63) is 58.9 Å². The van der Waals surface area contributed by atoms with Gasteiger partial charge in [0.25, 0.3) is 5.91 Å². The lowest BCUT2D eigenvalue weighted by Crippen LogP contribution is -3.16. The largest absolute Gasteiger partial charge is 0.360 e. The van der Waals surface area contributed by atoms with E-state index < -0.39 is 0 Å². The van der Waals surface area contributed by atoms with Crippen LogP contribution in [0, 0.1) is 12.7 Å². The molecule has 6 nitrogen and oxygen atoms in total. The zero-order valence-electron chi connectivity index (χ0n) is 16.3. The number of hydrogen-bond donors (Lipinski definition) is 3. The summed E-state index contributed by atoms with van der Waals surface area (Å²) in [4.78, 5) is 27.5. The number of amides is 2. The molecule has 2 aromatic carbocycles. The summed E-state index contributed by atoms with van der Waals surface area (Å²) in [6.07, 6.45) is 0. The molecule has 8 heteroatoms. The fraction of sp³-hybridized carbons (Fsp3) is 0.333. The molecule has 0 radical (unpaired) electrons. The fourth-order valence-electron chi connectivity index (χ4n) is 3.37. The molecular formula is C21H25ClFN4O2+. The maximum Gasteiger partial charge on any atom is 0.275 e. The Balaban J connectivity index is 1.40. The van der Waals surface area contributed by atoms with Crippen LogP contribution < -0.4 is 20.4 Å². The van der Waals surface area contributed by atoms with Crippen LogP contribution in [-0.2, 0) is 9.59 Å². The number of carbonyl (C=O) groups is 2. The van der Waals surface area contributed by atoms with Crippen LogP contribution in [0.4, 0.5) is 15.8 Å². The lowest BCUT2D eigenvalue weighted by atomic mass is 10.1. The van der Waals surface area contributed by atoms with Gasteiger partial charge in [-0.2, -0.15) is 0 Å². The van der Waals surface area contributed by atoms with E-state index in [1.807, 2.05) is 18.2 Å².